The highest BCUT2D eigenvalue weighted by Crippen LogP contribution is 2.32. The van der Waals surface area contributed by atoms with Gasteiger partial charge in [-0.3, -0.25) is 34.2 Å². The van der Waals surface area contributed by atoms with Crippen molar-refractivity contribution in [2.24, 2.45) is 0 Å². The van der Waals surface area contributed by atoms with Crippen molar-refractivity contribution >= 4 is 35.7 Å². The summed E-state index contributed by atoms with van der Waals surface area (Å²) in [4.78, 5) is 60.4. The van der Waals surface area contributed by atoms with Crippen LogP contribution in [0.15, 0.2) is 18.2 Å². The third kappa shape index (κ3) is 6.37. The van der Waals surface area contributed by atoms with E-state index in [1.807, 2.05) is 0 Å². The predicted molar refractivity (Wildman–Crippen MR) is 118 cm³/mol. The fraction of sp³-hybridized carbons (Fsp3) is 0.500. The number of imide groups is 2. The van der Waals surface area contributed by atoms with Gasteiger partial charge in [-0.25, -0.2) is 0 Å². The highest BCUT2D eigenvalue weighted by Gasteiger charge is 2.45. The molecule has 0 saturated carbocycles. The van der Waals surface area contributed by atoms with Gasteiger partial charge in [0.25, 0.3) is 11.8 Å². The molecule has 34 heavy (non-hydrogen) atoms. The Kier molecular flexibility index (Phi) is 9.50. The number of ether oxygens (including phenoxy) is 3. The van der Waals surface area contributed by atoms with Crippen LogP contribution in [-0.4, -0.2) is 93.7 Å². The maximum atomic E-state index is 13.0. The Hall–Kier alpha value is -3.35. The van der Waals surface area contributed by atoms with Gasteiger partial charge in [0.1, 0.15) is 6.04 Å². The van der Waals surface area contributed by atoms with Gasteiger partial charge in [0.2, 0.25) is 18.2 Å². The quantitative estimate of drug-likeness (QED) is 0.169. The first-order valence-electron chi connectivity index (χ1n) is 11.0. The lowest BCUT2D eigenvalue weighted by atomic mass is 10.0. The summed E-state index contributed by atoms with van der Waals surface area (Å²) in [5.74, 6) is -2.16. The first kappa shape index (κ1) is 25.3. The number of carbonyl (C=O) groups excluding carboxylic acids is 5. The summed E-state index contributed by atoms with van der Waals surface area (Å²) < 4.78 is 16.1. The molecule has 1 fully saturated rings. The Morgan fingerprint density at radius 1 is 0.941 bits per heavy atom. The predicted octanol–water partition coefficient (Wildman–Crippen LogP) is -0.704. The van der Waals surface area contributed by atoms with Gasteiger partial charge in [-0.2, -0.15) is 0 Å². The highest BCUT2D eigenvalue weighted by atomic mass is 16.5. The van der Waals surface area contributed by atoms with Gasteiger partial charge >= 0.3 is 0 Å². The van der Waals surface area contributed by atoms with E-state index >= 15 is 0 Å². The fourth-order valence-corrected chi connectivity index (χ4v) is 3.65. The molecule has 2 heterocycles. The van der Waals surface area contributed by atoms with E-state index in [0.717, 1.165) is 4.90 Å². The number of hydrogen-bond acceptors (Lipinski definition) is 9. The van der Waals surface area contributed by atoms with E-state index in [0.29, 0.717) is 64.8 Å². The Balaban J connectivity index is 1.39. The van der Waals surface area contributed by atoms with E-state index in [9.17, 15) is 24.0 Å². The number of piperidine rings is 1. The number of hydrogen-bond donors (Lipinski definition) is 3. The van der Waals surface area contributed by atoms with E-state index in [4.69, 9.17) is 14.2 Å². The highest BCUT2D eigenvalue weighted by molar-refractivity contribution is 6.25. The zero-order chi connectivity index (χ0) is 24.3. The van der Waals surface area contributed by atoms with Crippen molar-refractivity contribution in [3.8, 4) is 0 Å². The summed E-state index contributed by atoms with van der Waals surface area (Å²) >= 11 is 0. The molecule has 3 N–H and O–H groups in total. The average Bonchev–Trinajstić information content (AvgIpc) is 3.08. The second-order valence-corrected chi connectivity index (χ2v) is 7.51. The van der Waals surface area contributed by atoms with Gasteiger partial charge in [0, 0.05) is 25.2 Å². The van der Waals surface area contributed by atoms with Crippen molar-refractivity contribution in [1.29, 1.82) is 0 Å². The van der Waals surface area contributed by atoms with Crippen LogP contribution in [0.1, 0.15) is 33.6 Å². The largest absolute Gasteiger partial charge is 0.382 e. The van der Waals surface area contributed by atoms with Crippen LogP contribution in [0.5, 0.6) is 0 Å². The molecular formula is C22H28N4O8. The normalized spacial score (nSPS) is 17.5. The van der Waals surface area contributed by atoms with Crippen molar-refractivity contribution in [2.75, 3.05) is 58.0 Å². The van der Waals surface area contributed by atoms with Crippen LogP contribution in [0.25, 0.3) is 0 Å². The minimum Gasteiger partial charge on any atom is -0.382 e. The molecule has 5 amide bonds. The zero-order valence-electron chi connectivity index (χ0n) is 18.7. The first-order valence-corrected chi connectivity index (χ1v) is 11.0. The van der Waals surface area contributed by atoms with E-state index in [-0.39, 0.29) is 24.0 Å². The van der Waals surface area contributed by atoms with Crippen LogP contribution in [0.4, 0.5) is 5.69 Å². The number of nitrogens with one attached hydrogen (secondary N) is 3. The monoisotopic (exact) mass is 476 g/mol. The van der Waals surface area contributed by atoms with Gasteiger partial charge in [0.15, 0.2) is 0 Å². The molecule has 1 aromatic carbocycles. The molecule has 1 saturated heterocycles. The number of nitrogens with zero attached hydrogens (tertiary/aromatic N) is 1. The van der Waals surface area contributed by atoms with Crippen LogP contribution in [0.2, 0.25) is 0 Å². The standard InChI is InChI=1S/C22H28N4O8/c27-14-23-6-8-32-10-12-34-13-11-33-9-7-24-16-3-1-2-15-19(16)22(31)26(21(15)30)17-4-5-18(28)25-20(17)29/h1-3,14,17,24H,4-13H2,(H,23,27)(H,25,28,29). The van der Waals surface area contributed by atoms with Gasteiger partial charge in [-0.05, 0) is 18.6 Å². The van der Waals surface area contributed by atoms with Crippen molar-refractivity contribution in [3.63, 3.8) is 0 Å². The molecule has 1 aromatic rings. The zero-order valence-corrected chi connectivity index (χ0v) is 18.7. The van der Waals surface area contributed by atoms with E-state index in [2.05, 4.69) is 16.0 Å². The van der Waals surface area contributed by atoms with Crippen molar-refractivity contribution in [3.05, 3.63) is 29.3 Å². The minimum absolute atomic E-state index is 0.0713. The number of rotatable bonds is 15. The molecule has 1 atom stereocenters. The third-order valence-corrected chi connectivity index (χ3v) is 5.25. The number of carbonyl (C=O) groups is 5. The topological polar surface area (TPSA) is 152 Å². The Morgan fingerprint density at radius 3 is 2.29 bits per heavy atom. The second-order valence-electron chi connectivity index (χ2n) is 7.51. The average molecular weight is 476 g/mol. The first-order chi connectivity index (χ1) is 16.5. The van der Waals surface area contributed by atoms with Crippen LogP contribution in [0.3, 0.4) is 0 Å². The molecule has 0 aromatic heterocycles. The smallest absolute Gasteiger partial charge is 0.264 e. The lowest BCUT2D eigenvalue weighted by Crippen LogP contribution is -2.54. The molecule has 0 bridgehead atoms. The summed E-state index contributed by atoms with van der Waals surface area (Å²) in [6.45, 7) is 3.23. The molecule has 1 unspecified atom stereocenters. The summed E-state index contributed by atoms with van der Waals surface area (Å²) in [7, 11) is 0. The van der Waals surface area contributed by atoms with E-state index in [1.165, 1.54) is 0 Å². The maximum Gasteiger partial charge on any atom is 0.264 e. The van der Waals surface area contributed by atoms with Crippen molar-refractivity contribution in [2.45, 2.75) is 18.9 Å². The lowest BCUT2D eigenvalue weighted by Gasteiger charge is -2.27. The Morgan fingerprint density at radius 2 is 1.62 bits per heavy atom. The van der Waals surface area contributed by atoms with Gasteiger partial charge in [-0.15, -0.1) is 0 Å². The Labute approximate surface area is 196 Å². The second kappa shape index (κ2) is 12.8. The number of amides is 5. The molecule has 0 radical (unpaired) electrons. The van der Waals surface area contributed by atoms with E-state index in [1.54, 1.807) is 18.2 Å². The lowest BCUT2D eigenvalue weighted by molar-refractivity contribution is -0.136. The van der Waals surface area contributed by atoms with Gasteiger partial charge in [-0.1, -0.05) is 6.07 Å². The number of fused-ring (bicyclic) bond motifs is 1. The number of anilines is 1. The summed E-state index contributed by atoms with van der Waals surface area (Å²) in [6, 6.07) is 3.89. The molecule has 3 rings (SSSR count). The SMILES string of the molecule is O=CNCCOCCOCCOCCNc1cccc2c1C(=O)N(C1CCC(=O)NC1=O)C2=O. The maximum absolute atomic E-state index is 13.0. The summed E-state index contributed by atoms with van der Waals surface area (Å²) in [6.07, 6.45) is 0.797. The van der Waals surface area contributed by atoms with Gasteiger partial charge in [0.05, 0.1) is 50.8 Å². The molecule has 12 nitrogen and oxygen atoms in total. The molecule has 184 valence electrons. The van der Waals surface area contributed by atoms with Crippen molar-refractivity contribution < 1.29 is 38.2 Å². The molecule has 0 spiro atoms. The van der Waals surface area contributed by atoms with Crippen LogP contribution in [-0.2, 0) is 28.6 Å². The molecule has 0 aliphatic carbocycles. The molecule has 12 heteroatoms. The van der Waals surface area contributed by atoms with Crippen LogP contribution >= 0.6 is 0 Å². The molecular weight excluding hydrogens is 448 g/mol. The third-order valence-electron chi connectivity index (χ3n) is 5.25. The van der Waals surface area contributed by atoms with Gasteiger partial charge < -0.3 is 24.8 Å². The fourth-order valence-electron chi connectivity index (χ4n) is 3.65. The molecule has 2 aliphatic rings. The minimum atomic E-state index is -1.00. The van der Waals surface area contributed by atoms with Crippen LogP contribution < -0.4 is 16.0 Å². The Bertz CT molecular complexity index is 922. The summed E-state index contributed by atoms with van der Waals surface area (Å²) in [5.41, 5.74) is 0.911. The molecule has 2 aliphatic heterocycles. The van der Waals surface area contributed by atoms with Crippen LogP contribution in [0, 0.1) is 0 Å². The van der Waals surface area contributed by atoms with E-state index < -0.39 is 29.7 Å². The number of benzene rings is 1. The van der Waals surface area contributed by atoms with Crippen molar-refractivity contribution in [1.82, 2.24) is 15.5 Å². The summed E-state index contributed by atoms with van der Waals surface area (Å²) in [5, 5.41) is 7.78.